The monoisotopic (exact) mass is 371 g/mol. The van der Waals surface area contributed by atoms with Gasteiger partial charge in [0.2, 0.25) is 5.91 Å². The number of rotatable bonds is 6. The molecule has 26 heavy (non-hydrogen) atoms. The van der Waals surface area contributed by atoms with E-state index in [-0.39, 0.29) is 17.6 Å². The fourth-order valence-corrected chi connectivity index (χ4v) is 5.17. The number of hydrogen-bond acceptors (Lipinski definition) is 3. The highest BCUT2D eigenvalue weighted by atomic mass is 32.2. The third kappa shape index (κ3) is 4.94. The highest BCUT2D eigenvalue weighted by Crippen LogP contribution is 2.22. The number of amides is 1. The van der Waals surface area contributed by atoms with Crippen molar-refractivity contribution in [3.63, 3.8) is 0 Å². The van der Waals surface area contributed by atoms with Gasteiger partial charge in [0.25, 0.3) is 0 Å². The largest absolute Gasteiger partial charge is 0.342 e. The average Bonchev–Trinajstić information content (AvgIpc) is 2.67. The highest BCUT2D eigenvalue weighted by Gasteiger charge is 2.28. The van der Waals surface area contributed by atoms with E-state index < -0.39 is 9.84 Å². The molecule has 1 unspecified atom stereocenters. The molecule has 0 spiro atoms. The fraction of sp³-hybridized carbons (Fsp3) is 0.381. The predicted molar refractivity (Wildman–Crippen MR) is 103 cm³/mol. The van der Waals surface area contributed by atoms with Gasteiger partial charge >= 0.3 is 0 Å². The van der Waals surface area contributed by atoms with Crippen LogP contribution in [-0.4, -0.2) is 38.1 Å². The molecule has 0 bridgehead atoms. The van der Waals surface area contributed by atoms with Gasteiger partial charge in [0.15, 0.2) is 9.84 Å². The maximum Gasteiger partial charge on any atom is 0.222 e. The molecule has 3 rings (SSSR count). The van der Waals surface area contributed by atoms with E-state index in [9.17, 15) is 13.2 Å². The van der Waals surface area contributed by atoms with E-state index in [2.05, 4.69) is 0 Å². The Kier molecular flexibility index (Phi) is 6.09. The van der Waals surface area contributed by atoms with E-state index in [0.717, 1.165) is 31.4 Å². The molecular weight excluding hydrogens is 346 g/mol. The maximum absolute atomic E-state index is 12.6. The molecule has 1 aliphatic rings. The van der Waals surface area contributed by atoms with Crippen LogP contribution in [0.15, 0.2) is 65.6 Å². The summed E-state index contributed by atoms with van der Waals surface area (Å²) in [6, 6.07) is 18.6. The van der Waals surface area contributed by atoms with Crippen molar-refractivity contribution in [2.24, 2.45) is 5.92 Å². The third-order valence-electron chi connectivity index (χ3n) is 4.90. The SMILES string of the molecule is O=C(CCc1ccccc1)N1CCCC(CS(=O)(=O)c2ccccc2)C1. The lowest BCUT2D eigenvalue weighted by Gasteiger charge is -2.32. The van der Waals surface area contributed by atoms with Crippen LogP contribution < -0.4 is 0 Å². The molecule has 0 saturated carbocycles. The van der Waals surface area contributed by atoms with Gasteiger partial charge in [-0.3, -0.25) is 4.79 Å². The maximum atomic E-state index is 12.6. The molecule has 2 aromatic carbocycles. The van der Waals surface area contributed by atoms with Crippen LogP contribution in [0.1, 0.15) is 24.8 Å². The first-order chi connectivity index (χ1) is 12.5. The summed E-state index contributed by atoms with van der Waals surface area (Å²) >= 11 is 0. The first kappa shape index (κ1) is 18.6. The summed E-state index contributed by atoms with van der Waals surface area (Å²) in [6.45, 7) is 1.27. The first-order valence-electron chi connectivity index (χ1n) is 9.14. The summed E-state index contributed by atoms with van der Waals surface area (Å²) in [6.07, 6.45) is 2.92. The van der Waals surface area contributed by atoms with Gasteiger partial charge in [0.05, 0.1) is 10.6 Å². The molecule has 138 valence electrons. The predicted octanol–water partition coefficient (Wildman–Crippen LogP) is 3.33. The van der Waals surface area contributed by atoms with Gasteiger partial charge in [-0.15, -0.1) is 0 Å². The number of carbonyl (C=O) groups is 1. The number of nitrogens with zero attached hydrogens (tertiary/aromatic N) is 1. The second-order valence-electron chi connectivity index (χ2n) is 6.93. The summed E-state index contributed by atoms with van der Waals surface area (Å²) < 4.78 is 25.2. The zero-order chi connectivity index (χ0) is 18.4. The Morgan fingerprint density at radius 2 is 1.65 bits per heavy atom. The molecule has 1 fully saturated rings. The van der Waals surface area contributed by atoms with Crippen LogP contribution in [0.3, 0.4) is 0 Å². The molecule has 1 aliphatic heterocycles. The van der Waals surface area contributed by atoms with Gasteiger partial charge in [-0.2, -0.15) is 0 Å². The van der Waals surface area contributed by atoms with Crippen molar-refractivity contribution in [3.05, 3.63) is 66.2 Å². The quantitative estimate of drug-likeness (QED) is 0.783. The minimum atomic E-state index is -3.30. The summed E-state index contributed by atoms with van der Waals surface area (Å²) in [5, 5.41) is 0. The number of aryl methyl sites for hydroxylation is 1. The Hall–Kier alpha value is -2.14. The fourth-order valence-electron chi connectivity index (χ4n) is 3.52. The van der Waals surface area contributed by atoms with Crippen molar-refractivity contribution in [1.82, 2.24) is 4.90 Å². The van der Waals surface area contributed by atoms with Crippen LogP contribution in [0, 0.1) is 5.92 Å². The molecule has 0 radical (unpaired) electrons. The third-order valence-corrected chi connectivity index (χ3v) is 6.80. The topological polar surface area (TPSA) is 54.5 Å². The molecule has 0 aromatic heterocycles. The lowest BCUT2D eigenvalue weighted by atomic mass is 9.99. The van der Waals surface area contributed by atoms with E-state index in [1.54, 1.807) is 24.3 Å². The minimum absolute atomic E-state index is 0.00892. The molecule has 1 saturated heterocycles. The summed E-state index contributed by atoms with van der Waals surface area (Å²) in [7, 11) is -3.30. The number of piperidine rings is 1. The van der Waals surface area contributed by atoms with E-state index in [0.29, 0.717) is 17.9 Å². The van der Waals surface area contributed by atoms with E-state index in [1.165, 1.54) is 0 Å². The van der Waals surface area contributed by atoms with E-state index in [1.807, 2.05) is 41.3 Å². The van der Waals surface area contributed by atoms with Crippen LogP contribution in [0.5, 0.6) is 0 Å². The van der Waals surface area contributed by atoms with Crippen molar-refractivity contribution in [2.75, 3.05) is 18.8 Å². The van der Waals surface area contributed by atoms with Crippen molar-refractivity contribution >= 4 is 15.7 Å². The van der Waals surface area contributed by atoms with E-state index >= 15 is 0 Å². The van der Waals surface area contributed by atoms with Crippen molar-refractivity contribution < 1.29 is 13.2 Å². The van der Waals surface area contributed by atoms with Crippen LogP contribution in [0.4, 0.5) is 0 Å². The number of carbonyl (C=O) groups excluding carboxylic acids is 1. The molecule has 5 heteroatoms. The zero-order valence-corrected chi connectivity index (χ0v) is 15.7. The van der Waals surface area contributed by atoms with Crippen molar-refractivity contribution in [3.8, 4) is 0 Å². The van der Waals surface area contributed by atoms with Crippen LogP contribution in [0.2, 0.25) is 0 Å². The second kappa shape index (κ2) is 8.49. The number of benzene rings is 2. The minimum Gasteiger partial charge on any atom is -0.342 e. The average molecular weight is 372 g/mol. The van der Waals surface area contributed by atoms with Gasteiger partial charge < -0.3 is 4.90 Å². The number of hydrogen-bond donors (Lipinski definition) is 0. The summed E-state index contributed by atoms with van der Waals surface area (Å²) in [4.78, 5) is 14.7. The normalized spacial score (nSPS) is 17.8. The lowest BCUT2D eigenvalue weighted by molar-refractivity contribution is -0.132. The first-order valence-corrected chi connectivity index (χ1v) is 10.8. The van der Waals surface area contributed by atoms with Gasteiger partial charge in [-0.1, -0.05) is 48.5 Å². The van der Waals surface area contributed by atoms with Crippen molar-refractivity contribution in [1.29, 1.82) is 0 Å². The highest BCUT2D eigenvalue weighted by molar-refractivity contribution is 7.91. The molecule has 1 atom stereocenters. The number of likely N-dealkylation sites (tertiary alicyclic amines) is 1. The number of sulfone groups is 1. The van der Waals surface area contributed by atoms with Crippen LogP contribution in [0.25, 0.3) is 0 Å². The summed E-state index contributed by atoms with van der Waals surface area (Å²) in [5.74, 6) is 0.240. The van der Waals surface area contributed by atoms with Gasteiger partial charge in [-0.05, 0) is 42.9 Å². The molecule has 2 aromatic rings. The standard InChI is InChI=1S/C21H25NO3S/c23-21(14-13-18-8-3-1-4-9-18)22-15-7-10-19(16-22)17-26(24,25)20-11-5-2-6-12-20/h1-6,8-9,11-12,19H,7,10,13-17H2. The van der Waals surface area contributed by atoms with Crippen LogP contribution >= 0.6 is 0 Å². The van der Waals surface area contributed by atoms with Crippen molar-refractivity contribution in [2.45, 2.75) is 30.6 Å². The Balaban J connectivity index is 1.56. The van der Waals surface area contributed by atoms with Gasteiger partial charge in [-0.25, -0.2) is 8.42 Å². The Morgan fingerprint density at radius 3 is 2.35 bits per heavy atom. The Morgan fingerprint density at radius 1 is 1.00 bits per heavy atom. The zero-order valence-electron chi connectivity index (χ0n) is 14.9. The molecule has 0 aliphatic carbocycles. The molecule has 1 amide bonds. The summed E-state index contributed by atoms with van der Waals surface area (Å²) in [5.41, 5.74) is 1.15. The van der Waals surface area contributed by atoms with Crippen LogP contribution in [-0.2, 0) is 21.1 Å². The smallest absolute Gasteiger partial charge is 0.222 e. The Labute approximate surface area is 155 Å². The van der Waals surface area contributed by atoms with Gasteiger partial charge in [0, 0.05) is 19.5 Å². The molecular formula is C21H25NO3S. The molecule has 4 nitrogen and oxygen atoms in total. The molecule has 1 heterocycles. The van der Waals surface area contributed by atoms with E-state index in [4.69, 9.17) is 0 Å². The molecule has 0 N–H and O–H groups in total. The second-order valence-corrected chi connectivity index (χ2v) is 8.96. The lowest BCUT2D eigenvalue weighted by Crippen LogP contribution is -2.42. The van der Waals surface area contributed by atoms with Gasteiger partial charge in [0.1, 0.15) is 0 Å². The Bertz CT molecular complexity index is 819.